The molecule has 7 nitrogen and oxygen atoms in total. The Morgan fingerprint density at radius 1 is 1.29 bits per heavy atom. The zero-order valence-corrected chi connectivity index (χ0v) is 18.2. The van der Waals surface area contributed by atoms with Crippen molar-refractivity contribution in [2.75, 3.05) is 13.2 Å². The van der Waals surface area contributed by atoms with E-state index < -0.39 is 5.41 Å². The third-order valence-electron chi connectivity index (χ3n) is 8.65. The van der Waals surface area contributed by atoms with Crippen LogP contribution in [0.4, 0.5) is 0 Å². The lowest BCUT2D eigenvalue weighted by atomic mass is 9.47. The molecule has 0 radical (unpaired) electrons. The highest BCUT2D eigenvalue weighted by molar-refractivity contribution is 5.85. The highest BCUT2D eigenvalue weighted by Crippen LogP contribution is 2.61. The molecule has 4 aliphatic carbocycles. The molecule has 2 amide bonds. The third-order valence-corrected chi connectivity index (χ3v) is 8.65. The van der Waals surface area contributed by atoms with Crippen molar-refractivity contribution in [3.63, 3.8) is 0 Å². The summed E-state index contributed by atoms with van der Waals surface area (Å²) in [5, 5.41) is 8.92. The Morgan fingerprint density at radius 3 is 2.58 bits per heavy atom. The van der Waals surface area contributed by atoms with Crippen molar-refractivity contribution in [3.05, 3.63) is 23.9 Å². The quantitative estimate of drug-likeness (QED) is 0.784. The maximum atomic E-state index is 13.5. The lowest BCUT2D eigenvalue weighted by Gasteiger charge is -2.60. The number of carbonyl (C=O) groups is 2. The van der Waals surface area contributed by atoms with Gasteiger partial charge in [0.2, 0.25) is 17.7 Å². The second-order valence-corrected chi connectivity index (χ2v) is 10.8. The number of carbonyl (C=O) groups excluding carboxylic acids is 2. The lowest BCUT2D eigenvalue weighted by molar-refractivity contribution is -0.159. The normalized spacial score (nSPS) is 37.6. The van der Waals surface area contributed by atoms with Crippen LogP contribution in [0.2, 0.25) is 0 Å². The number of nitriles is 1. The van der Waals surface area contributed by atoms with Gasteiger partial charge < -0.3 is 15.4 Å². The van der Waals surface area contributed by atoms with Crippen LogP contribution in [-0.4, -0.2) is 40.9 Å². The van der Waals surface area contributed by atoms with E-state index >= 15 is 0 Å². The van der Waals surface area contributed by atoms with Gasteiger partial charge in [0.05, 0.1) is 17.6 Å². The molecule has 2 heterocycles. The van der Waals surface area contributed by atoms with Gasteiger partial charge in [-0.3, -0.25) is 9.59 Å². The standard InChI is InChI=1S/C24H30N4O3/c1-23(2)18(13-31-19-4-3-14(10-25)11-27-19)12-28(22(23)30)20-16-5-15-6-17(20)9-24(7-15,8-16)21(26)29/h3-4,11,15-18,20H,5-9,12-13H2,1-2H3,(H2,26,29)/t15?,16-,17+,18?,20?,24?. The van der Waals surface area contributed by atoms with Gasteiger partial charge in [0.15, 0.2) is 0 Å². The predicted octanol–water partition coefficient (Wildman–Crippen LogP) is 2.50. The summed E-state index contributed by atoms with van der Waals surface area (Å²) < 4.78 is 5.91. The van der Waals surface area contributed by atoms with E-state index in [1.54, 1.807) is 12.1 Å². The van der Waals surface area contributed by atoms with Crippen molar-refractivity contribution in [1.82, 2.24) is 9.88 Å². The Hall–Kier alpha value is -2.62. The first-order chi connectivity index (χ1) is 14.7. The van der Waals surface area contributed by atoms with Crippen molar-refractivity contribution in [2.24, 2.45) is 40.2 Å². The van der Waals surface area contributed by atoms with Crippen LogP contribution in [0.5, 0.6) is 5.88 Å². The van der Waals surface area contributed by atoms with E-state index in [9.17, 15) is 9.59 Å². The van der Waals surface area contributed by atoms with Crippen LogP contribution in [0.3, 0.4) is 0 Å². The SMILES string of the molecule is CC1(C)C(=O)N(C2[C@@H]3CC4C[C@H]2CC(C(N)=O)(C4)C3)CC1COc1ccc(C#N)cn1. The van der Waals surface area contributed by atoms with Crippen molar-refractivity contribution >= 4 is 11.8 Å². The Balaban J connectivity index is 1.31. The number of nitrogens with zero attached hydrogens (tertiary/aromatic N) is 3. The minimum Gasteiger partial charge on any atom is -0.477 e. The maximum absolute atomic E-state index is 13.5. The molecule has 1 aliphatic heterocycles. The number of ether oxygens (including phenoxy) is 1. The van der Waals surface area contributed by atoms with Gasteiger partial charge in [0, 0.05) is 36.2 Å². The molecule has 1 saturated heterocycles. The first kappa shape index (κ1) is 20.3. The van der Waals surface area contributed by atoms with Crippen LogP contribution < -0.4 is 10.5 Å². The average molecular weight is 423 g/mol. The highest BCUT2D eigenvalue weighted by Gasteiger charge is 2.61. The summed E-state index contributed by atoms with van der Waals surface area (Å²) in [6, 6.07) is 5.64. The van der Waals surface area contributed by atoms with Gasteiger partial charge in [0.25, 0.3) is 0 Å². The number of hydrogen-bond acceptors (Lipinski definition) is 5. The Bertz CT molecular complexity index is 935. The van der Waals surface area contributed by atoms with E-state index in [0.717, 1.165) is 32.1 Å². The predicted molar refractivity (Wildman–Crippen MR) is 112 cm³/mol. The van der Waals surface area contributed by atoms with E-state index in [-0.39, 0.29) is 29.2 Å². The molecule has 2 N–H and O–H groups in total. The molecule has 4 bridgehead atoms. The number of aromatic nitrogens is 1. The molecule has 164 valence electrons. The first-order valence-electron chi connectivity index (χ1n) is 11.3. The van der Waals surface area contributed by atoms with E-state index in [1.165, 1.54) is 6.20 Å². The highest BCUT2D eigenvalue weighted by atomic mass is 16.5. The summed E-state index contributed by atoms with van der Waals surface area (Å²) >= 11 is 0. The van der Waals surface area contributed by atoms with Gasteiger partial charge >= 0.3 is 0 Å². The van der Waals surface area contributed by atoms with E-state index in [0.29, 0.717) is 42.3 Å². The lowest BCUT2D eigenvalue weighted by Crippen LogP contribution is -2.62. The molecule has 4 saturated carbocycles. The minimum atomic E-state index is -0.511. The molecular formula is C24H30N4O3. The molecule has 1 aromatic heterocycles. The summed E-state index contributed by atoms with van der Waals surface area (Å²) in [5.74, 6) is 1.91. The molecule has 6 atom stereocenters. The fourth-order valence-electron chi connectivity index (χ4n) is 7.14. The fraction of sp³-hybridized carbons (Fsp3) is 0.667. The van der Waals surface area contributed by atoms with Crippen LogP contribution in [0.15, 0.2) is 18.3 Å². The van der Waals surface area contributed by atoms with Gasteiger partial charge in [-0.25, -0.2) is 4.98 Å². The molecule has 5 fully saturated rings. The van der Waals surface area contributed by atoms with E-state index in [4.69, 9.17) is 15.7 Å². The number of nitrogens with two attached hydrogens (primary N) is 1. The Morgan fingerprint density at radius 2 is 2.00 bits per heavy atom. The van der Waals surface area contributed by atoms with Crippen LogP contribution in [-0.2, 0) is 9.59 Å². The van der Waals surface area contributed by atoms with Gasteiger partial charge in [-0.05, 0) is 55.9 Å². The van der Waals surface area contributed by atoms with Crippen molar-refractivity contribution in [2.45, 2.75) is 52.0 Å². The topological polar surface area (TPSA) is 109 Å². The molecule has 6 rings (SSSR count). The summed E-state index contributed by atoms with van der Waals surface area (Å²) in [6.45, 7) is 5.10. The third kappa shape index (κ3) is 3.10. The summed E-state index contributed by atoms with van der Waals surface area (Å²) in [5.41, 5.74) is 5.48. The molecule has 31 heavy (non-hydrogen) atoms. The van der Waals surface area contributed by atoms with Crippen LogP contribution >= 0.6 is 0 Å². The van der Waals surface area contributed by atoms with Crippen molar-refractivity contribution in [1.29, 1.82) is 5.26 Å². The number of rotatable bonds is 5. The van der Waals surface area contributed by atoms with E-state index in [2.05, 4.69) is 9.88 Å². The fourth-order valence-corrected chi connectivity index (χ4v) is 7.14. The van der Waals surface area contributed by atoms with E-state index in [1.807, 2.05) is 19.9 Å². The number of primary amides is 1. The summed E-state index contributed by atoms with van der Waals surface area (Å²) in [4.78, 5) is 32.1. The van der Waals surface area contributed by atoms with Gasteiger partial charge in [-0.1, -0.05) is 13.8 Å². The Kier molecular flexibility index (Phi) is 4.55. The average Bonchev–Trinajstić information content (AvgIpc) is 2.95. The Labute approximate surface area is 182 Å². The van der Waals surface area contributed by atoms with Crippen molar-refractivity contribution < 1.29 is 14.3 Å². The van der Waals surface area contributed by atoms with Crippen LogP contribution in [0, 0.1) is 45.8 Å². The van der Waals surface area contributed by atoms with Gasteiger partial charge in [0.1, 0.15) is 6.07 Å². The molecule has 0 spiro atoms. The molecular weight excluding hydrogens is 392 g/mol. The number of likely N-dealkylation sites (tertiary alicyclic amines) is 1. The second-order valence-electron chi connectivity index (χ2n) is 10.8. The molecule has 1 aromatic rings. The first-order valence-corrected chi connectivity index (χ1v) is 11.3. The second kappa shape index (κ2) is 6.94. The maximum Gasteiger partial charge on any atom is 0.228 e. The smallest absolute Gasteiger partial charge is 0.228 e. The number of hydrogen-bond donors (Lipinski definition) is 1. The van der Waals surface area contributed by atoms with Crippen LogP contribution in [0.1, 0.15) is 51.5 Å². The molecule has 7 heteroatoms. The van der Waals surface area contributed by atoms with Crippen LogP contribution in [0.25, 0.3) is 0 Å². The van der Waals surface area contributed by atoms with Gasteiger partial charge in [-0.15, -0.1) is 0 Å². The molecule has 5 aliphatic rings. The summed E-state index contributed by atoms with van der Waals surface area (Å²) in [7, 11) is 0. The van der Waals surface area contributed by atoms with Gasteiger partial charge in [-0.2, -0.15) is 5.26 Å². The number of pyridine rings is 1. The minimum absolute atomic E-state index is 0.0553. The zero-order valence-electron chi connectivity index (χ0n) is 18.2. The van der Waals surface area contributed by atoms with Crippen molar-refractivity contribution in [3.8, 4) is 11.9 Å². The summed E-state index contributed by atoms with van der Waals surface area (Å²) in [6.07, 6.45) is 6.32. The molecule has 4 unspecified atom stereocenters. The molecule has 0 aromatic carbocycles. The monoisotopic (exact) mass is 422 g/mol. The zero-order chi connectivity index (χ0) is 22.0. The largest absolute Gasteiger partial charge is 0.477 e. The number of amides is 2.